The van der Waals surface area contributed by atoms with Crippen LogP contribution in [0.25, 0.3) is 0 Å². The van der Waals surface area contributed by atoms with Crippen molar-refractivity contribution in [2.75, 3.05) is 39.3 Å². The number of aryl methyl sites for hydroxylation is 1. The Labute approximate surface area is 163 Å². The zero-order chi connectivity index (χ0) is 19.2. The first-order chi connectivity index (χ1) is 13.1. The number of carbonyl (C=O) groups excluding carboxylic acids is 2. The maximum absolute atomic E-state index is 12.7. The van der Waals surface area contributed by atoms with Crippen LogP contribution in [0.15, 0.2) is 24.3 Å². The van der Waals surface area contributed by atoms with Crippen molar-refractivity contribution in [3.8, 4) is 0 Å². The second kappa shape index (κ2) is 9.36. The average Bonchev–Trinajstić information content (AvgIpc) is 2.74. The summed E-state index contributed by atoms with van der Waals surface area (Å²) in [7, 11) is 0. The second-order valence-corrected chi connectivity index (χ2v) is 8.01. The van der Waals surface area contributed by atoms with E-state index in [-0.39, 0.29) is 11.8 Å². The van der Waals surface area contributed by atoms with Gasteiger partial charge in [0, 0.05) is 38.2 Å². The van der Waals surface area contributed by atoms with Crippen molar-refractivity contribution in [2.45, 2.75) is 39.5 Å². The van der Waals surface area contributed by atoms with Gasteiger partial charge in [-0.05, 0) is 61.9 Å². The minimum absolute atomic E-state index is 0.0754. The van der Waals surface area contributed by atoms with Crippen molar-refractivity contribution >= 4 is 11.8 Å². The molecule has 2 aliphatic heterocycles. The predicted octanol–water partition coefficient (Wildman–Crippen LogP) is 2.56. The van der Waals surface area contributed by atoms with Crippen molar-refractivity contribution in [3.63, 3.8) is 0 Å². The molecule has 0 spiro atoms. The van der Waals surface area contributed by atoms with Crippen LogP contribution in [0.4, 0.5) is 0 Å². The van der Waals surface area contributed by atoms with Crippen LogP contribution in [-0.2, 0) is 11.2 Å². The molecule has 27 heavy (non-hydrogen) atoms. The quantitative estimate of drug-likeness (QED) is 0.865. The molecule has 2 fully saturated rings. The maximum Gasteiger partial charge on any atom is 0.253 e. The minimum atomic E-state index is 0.0754. The highest BCUT2D eigenvalue weighted by Gasteiger charge is 2.28. The van der Waals surface area contributed by atoms with Gasteiger partial charge in [-0.15, -0.1) is 0 Å². The lowest BCUT2D eigenvalue weighted by Gasteiger charge is -2.36. The molecule has 2 amide bonds. The number of nitrogens with one attached hydrogen (secondary N) is 1. The van der Waals surface area contributed by atoms with Gasteiger partial charge in [0.25, 0.3) is 5.91 Å². The largest absolute Gasteiger partial charge is 0.339 e. The molecule has 5 nitrogen and oxygen atoms in total. The van der Waals surface area contributed by atoms with Crippen LogP contribution < -0.4 is 5.32 Å². The highest BCUT2D eigenvalue weighted by Crippen LogP contribution is 2.23. The standard InChI is InChI=1S/C22H33N3O2/c1-3-18-6-8-19(9-7-18)22(27)25-13-11-24(12-14-25)21(26)15-17(2)20-5-4-10-23-16-20/h6-9,17,20,23H,3-5,10-16H2,1-2H3. The molecule has 2 heterocycles. The zero-order valence-electron chi connectivity index (χ0n) is 16.7. The molecule has 2 atom stereocenters. The number of carbonyl (C=O) groups is 2. The first-order valence-corrected chi connectivity index (χ1v) is 10.4. The molecule has 0 bridgehead atoms. The van der Waals surface area contributed by atoms with E-state index in [1.807, 2.05) is 34.1 Å². The lowest BCUT2D eigenvalue weighted by molar-refractivity contribution is -0.134. The van der Waals surface area contributed by atoms with E-state index in [0.717, 1.165) is 25.1 Å². The summed E-state index contributed by atoms with van der Waals surface area (Å²) in [5, 5.41) is 3.44. The molecule has 2 unspecified atom stereocenters. The Morgan fingerprint density at radius 1 is 1.11 bits per heavy atom. The Bertz CT molecular complexity index is 629. The Kier molecular flexibility index (Phi) is 6.89. The fourth-order valence-corrected chi connectivity index (χ4v) is 4.16. The monoisotopic (exact) mass is 371 g/mol. The number of piperazine rings is 1. The Morgan fingerprint density at radius 3 is 2.37 bits per heavy atom. The molecule has 0 radical (unpaired) electrons. The normalized spacial score (nSPS) is 21.8. The predicted molar refractivity (Wildman–Crippen MR) is 108 cm³/mol. The molecule has 148 valence electrons. The van der Waals surface area contributed by atoms with Crippen LogP contribution in [0.5, 0.6) is 0 Å². The van der Waals surface area contributed by atoms with Crippen molar-refractivity contribution < 1.29 is 9.59 Å². The van der Waals surface area contributed by atoms with Crippen LogP contribution in [-0.4, -0.2) is 60.9 Å². The molecular weight excluding hydrogens is 338 g/mol. The molecular formula is C22H33N3O2. The summed E-state index contributed by atoms with van der Waals surface area (Å²) in [5.41, 5.74) is 1.98. The van der Waals surface area contributed by atoms with Gasteiger partial charge in [0.05, 0.1) is 0 Å². The zero-order valence-corrected chi connectivity index (χ0v) is 16.7. The molecule has 5 heteroatoms. The molecule has 0 aliphatic carbocycles. The van der Waals surface area contributed by atoms with E-state index in [1.54, 1.807) is 0 Å². The summed E-state index contributed by atoms with van der Waals surface area (Å²) in [6.45, 7) is 9.00. The third-order valence-electron chi connectivity index (χ3n) is 6.17. The third kappa shape index (κ3) is 5.10. The lowest BCUT2D eigenvalue weighted by atomic mass is 9.85. The van der Waals surface area contributed by atoms with Gasteiger partial charge in [0.1, 0.15) is 0 Å². The first-order valence-electron chi connectivity index (χ1n) is 10.4. The van der Waals surface area contributed by atoms with Gasteiger partial charge in [0.2, 0.25) is 5.91 Å². The van der Waals surface area contributed by atoms with Crippen molar-refractivity contribution in [1.82, 2.24) is 15.1 Å². The van der Waals surface area contributed by atoms with E-state index in [2.05, 4.69) is 19.2 Å². The number of hydrogen-bond donors (Lipinski definition) is 1. The van der Waals surface area contributed by atoms with E-state index in [0.29, 0.717) is 44.4 Å². The van der Waals surface area contributed by atoms with Gasteiger partial charge >= 0.3 is 0 Å². The fourth-order valence-electron chi connectivity index (χ4n) is 4.16. The topological polar surface area (TPSA) is 52.7 Å². The van der Waals surface area contributed by atoms with Crippen molar-refractivity contribution in [1.29, 1.82) is 0 Å². The van der Waals surface area contributed by atoms with Crippen LogP contribution in [0.3, 0.4) is 0 Å². The highest BCUT2D eigenvalue weighted by molar-refractivity contribution is 5.94. The highest BCUT2D eigenvalue weighted by atomic mass is 16.2. The number of piperidine rings is 1. The maximum atomic E-state index is 12.7. The molecule has 0 aromatic heterocycles. The van der Waals surface area contributed by atoms with Crippen LogP contribution in [0, 0.1) is 11.8 Å². The first kappa shape index (κ1) is 19.9. The van der Waals surface area contributed by atoms with Gasteiger partial charge < -0.3 is 15.1 Å². The number of benzene rings is 1. The molecule has 2 saturated heterocycles. The van der Waals surface area contributed by atoms with E-state index in [9.17, 15) is 9.59 Å². The average molecular weight is 372 g/mol. The summed E-state index contributed by atoms with van der Waals surface area (Å²) >= 11 is 0. The Hall–Kier alpha value is -1.88. The number of hydrogen-bond acceptors (Lipinski definition) is 3. The summed E-state index contributed by atoms with van der Waals surface area (Å²) in [6, 6.07) is 7.88. The van der Waals surface area contributed by atoms with Crippen molar-refractivity contribution in [3.05, 3.63) is 35.4 Å². The molecule has 3 rings (SSSR count). The van der Waals surface area contributed by atoms with Crippen molar-refractivity contribution in [2.24, 2.45) is 11.8 Å². The second-order valence-electron chi connectivity index (χ2n) is 8.01. The fraction of sp³-hybridized carbons (Fsp3) is 0.636. The van der Waals surface area contributed by atoms with Gasteiger partial charge in [-0.3, -0.25) is 9.59 Å². The third-order valence-corrected chi connectivity index (χ3v) is 6.17. The number of amides is 2. The van der Waals surface area contributed by atoms with Crippen LogP contribution in [0.2, 0.25) is 0 Å². The summed E-state index contributed by atoms with van der Waals surface area (Å²) in [4.78, 5) is 29.2. The SMILES string of the molecule is CCc1ccc(C(=O)N2CCN(C(=O)CC(C)C3CCCNC3)CC2)cc1. The van der Waals surface area contributed by atoms with Crippen LogP contribution >= 0.6 is 0 Å². The summed E-state index contributed by atoms with van der Waals surface area (Å²) in [5.74, 6) is 1.34. The Balaban J connectivity index is 1.47. The summed E-state index contributed by atoms with van der Waals surface area (Å²) < 4.78 is 0. The number of nitrogens with zero attached hydrogens (tertiary/aromatic N) is 2. The van der Waals surface area contributed by atoms with E-state index in [4.69, 9.17) is 0 Å². The van der Waals surface area contributed by atoms with E-state index >= 15 is 0 Å². The van der Waals surface area contributed by atoms with Gasteiger partial charge in [-0.25, -0.2) is 0 Å². The van der Waals surface area contributed by atoms with Crippen LogP contribution in [0.1, 0.15) is 49.0 Å². The number of rotatable bonds is 5. The molecule has 1 aromatic rings. The smallest absolute Gasteiger partial charge is 0.253 e. The minimum Gasteiger partial charge on any atom is -0.339 e. The molecule has 1 N–H and O–H groups in total. The molecule has 0 saturated carbocycles. The van der Waals surface area contributed by atoms with Gasteiger partial charge in [-0.1, -0.05) is 26.0 Å². The summed E-state index contributed by atoms with van der Waals surface area (Å²) in [6.07, 6.45) is 4.03. The van der Waals surface area contributed by atoms with E-state index < -0.39 is 0 Å². The molecule has 1 aromatic carbocycles. The van der Waals surface area contributed by atoms with E-state index in [1.165, 1.54) is 18.4 Å². The Morgan fingerprint density at radius 2 is 1.78 bits per heavy atom. The molecule has 2 aliphatic rings. The lowest BCUT2D eigenvalue weighted by Crippen LogP contribution is -2.51. The van der Waals surface area contributed by atoms with Gasteiger partial charge in [-0.2, -0.15) is 0 Å². The van der Waals surface area contributed by atoms with Gasteiger partial charge in [0.15, 0.2) is 0 Å².